The minimum absolute atomic E-state index is 0.347. The SMILES string of the molecule is O=C(NONC(=O)c1ccc(Cl)cc1)c1ccc(Cl)cc1. The number of rotatable bonds is 4. The number of hydrogen-bond acceptors (Lipinski definition) is 3. The maximum Gasteiger partial charge on any atom is 0.276 e. The lowest BCUT2D eigenvalue weighted by Crippen LogP contribution is -2.34. The maximum absolute atomic E-state index is 11.7. The highest BCUT2D eigenvalue weighted by atomic mass is 35.5. The van der Waals surface area contributed by atoms with Crippen molar-refractivity contribution in [3.63, 3.8) is 0 Å². The predicted molar refractivity (Wildman–Crippen MR) is 78.9 cm³/mol. The molecule has 0 atom stereocenters. The summed E-state index contributed by atoms with van der Waals surface area (Å²) in [4.78, 5) is 28.0. The molecule has 2 amide bonds. The van der Waals surface area contributed by atoms with E-state index in [1.54, 1.807) is 24.3 Å². The fourth-order valence-corrected chi connectivity index (χ4v) is 1.69. The lowest BCUT2D eigenvalue weighted by molar-refractivity contribution is -0.0184. The molecule has 0 saturated carbocycles. The summed E-state index contributed by atoms with van der Waals surface area (Å²) in [5.41, 5.74) is 4.88. The molecule has 5 nitrogen and oxygen atoms in total. The summed E-state index contributed by atoms with van der Waals surface area (Å²) < 4.78 is 0. The quantitative estimate of drug-likeness (QED) is 0.849. The molecule has 2 rings (SSSR count). The Kier molecular flexibility index (Phi) is 5.16. The molecule has 2 N–H and O–H groups in total. The van der Waals surface area contributed by atoms with E-state index in [4.69, 9.17) is 23.2 Å². The van der Waals surface area contributed by atoms with Crippen molar-refractivity contribution in [3.05, 3.63) is 69.7 Å². The first-order valence-corrected chi connectivity index (χ1v) is 6.59. The molecule has 7 heteroatoms. The van der Waals surface area contributed by atoms with Crippen LogP contribution in [0.5, 0.6) is 0 Å². The van der Waals surface area contributed by atoms with Crippen molar-refractivity contribution in [2.75, 3.05) is 0 Å². The van der Waals surface area contributed by atoms with Gasteiger partial charge < -0.3 is 0 Å². The number of halogens is 2. The van der Waals surface area contributed by atoms with Crippen LogP contribution in [0.15, 0.2) is 48.5 Å². The van der Waals surface area contributed by atoms with Crippen LogP contribution in [0, 0.1) is 0 Å². The van der Waals surface area contributed by atoms with Crippen molar-refractivity contribution < 1.29 is 14.5 Å². The van der Waals surface area contributed by atoms with Crippen LogP contribution in [0.2, 0.25) is 10.0 Å². The largest absolute Gasteiger partial charge is 0.276 e. The first-order chi connectivity index (χ1) is 10.1. The first kappa shape index (κ1) is 15.3. The van der Waals surface area contributed by atoms with Gasteiger partial charge in [0.1, 0.15) is 0 Å². The van der Waals surface area contributed by atoms with Gasteiger partial charge in [-0.2, -0.15) is 4.94 Å². The molecule has 2 aromatic carbocycles. The first-order valence-electron chi connectivity index (χ1n) is 5.84. The van der Waals surface area contributed by atoms with Gasteiger partial charge in [-0.05, 0) is 48.5 Å². The molecule has 0 saturated heterocycles. The minimum Gasteiger partial charge on any atom is -0.267 e. The minimum atomic E-state index is -0.511. The smallest absolute Gasteiger partial charge is 0.267 e. The number of benzene rings is 2. The van der Waals surface area contributed by atoms with Crippen LogP contribution in [0.3, 0.4) is 0 Å². The second kappa shape index (κ2) is 7.08. The lowest BCUT2D eigenvalue weighted by atomic mass is 10.2. The third-order valence-corrected chi connectivity index (χ3v) is 3.00. The number of carbonyl (C=O) groups is 2. The third kappa shape index (κ3) is 4.46. The van der Waals surface area contributed by atoms with E-state index in [0.717, 1.165) is 0 Å². The molecule has 21 heavy (non-hydrogen) atoms. The van der Waals surface area contributed by atoms with Gasteiger partial charge >= 0.3 is 0 Å². The summed E-state index contributed by atoms with van der Waals surface area (Å²) in [7, 11) is 0. The Balaban J connectivity index is 1.83. The van der Waals surface area contributed by atoms with Crippen LogP contribution < -0.4 is 11.0 Å². The summed E-state index contributed by atoms with van der Waals surface area (Å²) in [6.45, 7) is 0. The molecule has 108 valence electrons. The van der Waals surface area contributed by atoms with Crippen molar-refractivity contribution in [2.24, 2.45) is 0 Å². The Morgan fingerprint density at radius 2 is 1.05 bits per heavy atom. The van der Waals surface area contributed by atoms with Crippen LogP contribution >= 0.6 is 23.2 Å². The molecular weight excluding hydrogens is 315 g/mol. The highest BCUT2D eigenvalue weighted by Crippen LogP contribution is 2.10. The van der Waals surface area contributed by atoms with Gasteiger partial charge in [-0.1, -0.05) is 23.2 Å². The molecule has 0 bridgehead atoms. The van der Waals surface area contributed by atoms with Crippen molar-refractivity contribution in [2.45, 2.75) is 0 Å². The van der Waals surface area contributed by atoms with Gasteiger partial charge in [-0.3, -0.25) is 9.59 Å². The molecule has 0 radical (unpaired) electrons. The summed E-state index contributed by atoms with van der Waals surface area (Å²) in [5, 5.41) is 1.03. The molecule has 0 aliphatic rings. The van der Waals surface area contributed by atoms with Gasteiger partial charge in [-0.15, -0.1) is 0 Å². The topological polar surface area (TPSA) is 67.4 Å². The Labute approximate surface area is 130 Å². The molecule has 0 heterocycles. The maximum atomic E-state index is 11.7. The molecule has 0 aliphatic carbocycles. The average molecular weight is 325 g/mol. The molecule has 0 spiro atoms. The van der Waals surface area contributed by atoms with Crippen LogP contribution in [-0.4, -0.2) is 11.8 Å². The van der Waals surface area contributed by atoms with E-state index in [2.05, 4.69) is 15.9 Å². The Morgan fingerprint density at radius 3 is 1.38 bits per heavy atom. The second-order valence-corrected chi connectivity index (χ2v) is 4.85. The average Bonchev–Trinajstić information content (AvgIpc) is 2.48. The van der Waals surface area contributed by atoms with E-state index in [1.807, 2.05) is 0 Å². The molecule has 0 aromatic heterocycles. The number of nitrogens with one attached hydrogen (secondary N) is 2. The van der Waals surface area contributed by atoms with Crippen molar-refractivity contribution in [1.29, 1.82) is 0 Å². The summed E-state index contributed by atoms with van der Waals surface area (Å²) >= 11 is 11.4. The summed E-state index contributed by atoms with van der Waals surface area (Å²) in [6, 6.07) is 12.4. The highest BCUT2D eigenvalue weighted by Gasteiger charge is 2.08. The van der Waals surface area contributed by atoms with Gasteiger partial charge in [-0.25, -0.2) is 11.0 Å². The van der Waals surface area contributed by atoms with E-state index < -0.39 is 11.8 Å². The zero-order valence-electron chi connectivity index (χ0n) is 10.6. The van der Waals surface area contributed by atoms with Crippen LogP contribution in [0.4, 0.5) is 0 Å². The van der Waals surface area contributed by atoms with E-state index in [-0.39, 0.29) is 0 Å². The van der Waals surface area contributed by atoms with Gasteiger partial charge in [0, 0.05) is 21.2 Å². The molecular formula is C14H10Cl2N2O3. The molecule has 0 unspecified atom stereocenters. The molecule has 0 fully saturated rings. The van der Waals surface area contributed by atoms with Crippen molar-refractivity contribution in [3.8, 4) is 0 Å². The van der Waals surface area contributed by atoms with Gasteiger partial charge in [0.15, 0.2) is 0 Å². The Morgan fingerprint density at radius 1 is 0.714 bits per heavy atom. The van der Waals surface area contributed by atoms with E-state index in [1.165, 1.54) is 24.3 Å². The van der Waals surface area contributed by atoms with Gasteiger partial charge in [0.2, 0.25) is 0 Å². The van der Waals surface area contributed by atoms with Crippen LogP contribution in [0.1, 0.15) is 20.7 Å². The zero-order chi connectivity index (χ0) is 15.2. The van der Waals surface area contributed by atoms with Crippen molar-refractivity contribution in [1.82, 2.24) is 11.0 Å². The lowest BCUT2D eigenvalue weighted by Gasteiger charge is -2.06. The normalized spacial score (nSPS) is 10.0. The molecule has 0 aliphatic heterocycles. The van der Waals surface area contributed by atoms with Crippen molar-refractivity contribution >= 4 is 35.0 Å². The van der Waals surface area contributed by atoms with E-state index in [9.17, 15) is 9.59 Å². The Hall–Kier alpha value is -2.08. The zero-order valence-corrected chi connectivity index (χ0v) is 12.1. The Bertz CT molecular complexity index is 585. The number of carbonyl (C=O) groups excluding carboxylic acids is 2. The molecule has 2 aromatic rings. The van der Waals surface area contributed by atoms with Crippen LogP contribution in [0.25, 0.3) is 0 Å². The fraction of sp³-hybridized carbons (Fsp3) is 0. The number of hydroxylamine groups is 2. The predicted octanol–water partition coefficient (Wildman–Crippen LogP) is 3.00. The van der Waals surface area contributed by atoms with Gasteiger partial charge in [0.05, 0.1) is 0 Å². The third-order valence-electron chi connectivity index (χ3n) is 2.50. The fourth-order valence-electron chi connectivity index (χ4n) is 1.44. The highest BCUT2D eigenvalue weighted by molar-refractivity contribution is 6.31. The summed E-state index contributed by atoms with van der Waals surface area (Å²) in [6.07, 6.45) is 0. The summed E-state index contributed by atoms with van der Waals surface area (Å²) in [5.74, 6) is -1.02. The second-order valence-electron chi connectivity index (χ2n) is 3.98. The van der Waals surface area contributed by atoms with Crippen LogP contribution in [-0.2, 0) is 4.94 Å². The van der Waals surface area contributed by atoms with E-state index in [0.29, 0.717) is 21.2 Å². The number of hydrogen-bond donors (Lipinski definition) is 2. The monoisotopic (exact) mass is 324 g/mol. The van der Waals surface area contributed by atoms with Gasteiger partial charge in [0.25, 0.3) is 11.8 Å². The standard InChI is InChI=1S/C14H10Cl2N2O3/c15-11-5-1-9(2-6-11)13(19)17-21-18-14(20)10-3-7-12(16)8-4-10/h1-8H,(H,17,19)(H,18,20). The number of amides is 2. The van der Waals surface area contributed by atoms with E-state index >= 15 is 0 Å².